The zero-order chi connectivity index (χ0) is 46.5. The van der Waals surface area contributed by atoms with Gasteiger partial charge in [-0.3, -0.25) is 0 Å². The molecular weight excluding hydrogens is 840 g/mol. The van der Waals surface area contributed by atoms with E-state index in [1.54, 1.807) is 0 Å². The zero-order valence-corrected chi connectivity index (χ0v) is 38.9. The molecule has 2 aliphatic carbocycles. The van der Waals surface area contributed by atoms with Crippen LogP contribution in [0.1, 0.15) is 61.1 Å². The molecule has 0 amide bonds. The first-order chi connectivity index (χ1) is 33.6. The quantitative estimate of drug-likeness (QED) is 0.130. The van der Waals surface area contributed by atoms with Crippen LogP contribution in [0.4, 0.5) is 15.8 Å². The van der Waals surface area contributed by atoms with Crippen molar-refractivity contribution in [2.75, 3.05) is 4.90 Å². The smallest absolute Gasteiger partial charge is 0.123 e. The summed E-state index contributed by atoms with van der Waals surface area (Å²) in [5.41, 5.74) is 21.3. The lowest BCUT2D eigenvalue weighted by atomic mass is 9.79. The molecule has 0 saturated carbocycles. The van der Waals surface area contributed by atoms with Crippen molar-refractivity contribution < 1.29 is 4.39 Å². The van der Waals surface area contributed by atoms with Crippen LogP contribution in [0.5, 0.6) is 0 Å². The SMILES string of the molecule is CC1(C)c2ccccc2-c2ccc(-c3c4ccccc4c(-c4ccc5c(c4)C(C)(C)c4ccccc4-5)c4cc(-c5ccc6c7c5ccc5c(C#N)ccc(c57)CN6c5ccc(F)cc5)ccc34)cc21. The molecule has 1 heterocycles. The standard InChI is InChI=1S/C66H45FN2/c1-65(2)56-15-9-7-11-47(56)49-26-20-39(34-58(49)65)61-51-13-5-6-14-52(51)62(40-21-27-50-48-12-8-10-16-57(48)66(3,4)59(50)35-40)55-33-38(19-28-54(55)61)45-31-32-60-64-53(45)30-29-46-41(36-68)17-18-42(63(46)64)37-69(60)44-24-22-43(67)23-25-44/h5-35H,37H2,1-4H3. The number of nitriles is 1. The lowest BCUT2D eigenvalue weighted by Crippen LogP contribution is -2.20. The maximum atomic E-state index is 14.3. The van der Waals surface area contributed by atoms with Crippen LogP contribution < -0.4 is 4.90 Å². The predicted molar refractivity (Wildman–Crippen MR) is 285 cm³/mol. The normalized spacial score (nSPS) is 14.6. The van der Waals surface area contributed by atoms with Crippen LogP contribution in [-0.4, -0.2) is 0 Å². The molecule has 3 aliphatic rings. The molecule has 69 heavy (non-hydrogen) atoms. The Morgan fingerprint density at radius 1 is 0.435 bits per heavy atom. The van der Waals surface area contributed by atoms with Gasteiger partial charge in [0.2, 0.25) is 0 Å². The molecule has 326 valence electrons. The van der Waals surface area contributed by atoms with E-state index in [2.05, 4.69) is 196 Å². The van der Waals surface area contributed by atoms with Crippen LogP contribution in [0.3, 0.4) is 0 Å². The van der Waals surface area contributed by atoms with Crippen molar-refractivity contribution in [1.82, 2.24) is 0 Å². The van der Waals surface area contributed by atoms with Gasteiger partial charge in [0.05, 0.1) is 11.6 Å². The molecule has 0 bridgehead atoms. The Morgan fingerprint density at radius 2 is 0.957 bits per heavy atom. The van der Waals surface area contributed by atoms with Gasteiger partial charge in [0.15, 0.2) is 0 Å². The van der Waals surface area contributed by atoms with Crippen LogP contribution in [0.2, 0.25) is 0 Å². The van der Waals surface area contributed by atoms with E-state index >= 15 is 0 Å². The van der Waals surface area contributed by atoms with Gasteiger partial charge < -0.3 is 4.90 Å². The molecule has 11 aromatic carbocycles. The molecule has 14 rings (SSSR count). The van der Waals surface area contributed by atoms with Gasteiger partial charge in [-0.2, -0.15) is 5.26 Å². The summed E-state index contributed by atoms with van der Waals surface area (Å²) in [4.78, 5) is 2.28. The first-order valence-electron chi connectivity index (χ1n) is 24.0. The topological polar surface area (TPSA) is 27.0 Å². The molecular formula is C66H45FN2. The molecule has 0 fully saturated rings. The largest absolute Gasteiger partial charge is 0.336 e. The second-order valence-corrected chi connectivity index (χ2v) is 20.4. The van der Waals surface area contributed by atoms with Crippen molar-refractivity contribution in [3.05, 3.63) is 227 Å². The number of hydrogen-bond donors (Lipinski definition) is 0. The summed E-state index contributed by atoms with van der Waals surface area (Å²) in [6, 6.07) is 70.3. The van der Waals surface area contributed by atoms with Gasteiger partial charge in [-0.05, 0) is 170 Å². The summed E-state index contributed by atoms with van der Waals surface area (Å²) in [6.07, 6.45) is 0. The third-order valence-corrected chi connectivity index (χ3v) is 16.2. The van der Waals surface area contributed by atoms with Gasteiger partial charge >= 0.3 is 0 Å². The number of rotatable bonds is 4. The van der Waals surface area contributed by atoms with Crippen molar-refractivity contribution in [3.63, 3.8) is 0 Å². The maximum Gasteiger partial charge on any atom is 0.123 e. The lowest BCUT2D eigenvalue weighted by Gasteiger charge is -2.32. The van der Waals surface area contributed by atoms with Crippen LogP contribution in [-0.2, 0) is 17.4 Å². The van der Waals surface area contributed by atoms with E-state index in [0.29, 0.717) is 12.1 Å². The Bertz CT molecular complexity index is 4130. The van der Waals surface area contributed by atoms with E-state index in [-0.39, 0.29) is 16.6 Å². The average Bonchev–Trinajstić information content (AvgIpc) is 3.75. The van der Waals surface area contributed by atoms with Gasteiger partial charge in [0.1, 0.15) is 5.82 Å². The van der Waals surface area contributed by atoms with Crippen LogP contribution >= 0.6 is 0 Å². The zero-order valence-electron chi connectivity index (χ0n) is 38.9. The van der Waals surface area contributed by atoms with Crippen molar-refractivity contribution in [1.29, 1.82) is 5.26 Å². The van der Waals surface area contributed by atoms with Crippen molar-refractivity contribution in [3.8, 4) is 61.7 Å². The minimum Gasteiger partial charge on any atom is -0.336 e. The Kier molecular flexibility index (Phi) is 8.14. The minimum absolute atomic E-state index is 0.143. The van der Waals surface area contributed by atoms with E-state index < -0.39 is 0 Å². The van der Waals surface area contributed by atoms with Crippen LogP contribution in [0, 0.1) is 17.1 Å². The van der Waals surface area contributed by atoms with Gasteiger partial charge in [0.25, 0.3) is 0 Å². The second-order valence-electron chi connectivity index (χ2n) is 20.4. The van der Waals surface area contributed by atoms with E-state index in [4.69, 9.17) is 0 Å². The van der Waals surface area contributed by atoms with Gasteiger partial charge in [0, 0.05) is 39.5 Å². The highest BCUT2D eigenvalue weighted by Gasteiger charge is 2.37. The molecule has 0 aromatic heterocycles. The summed E-state index contributed by atoms with van der Waals surface area (Å²) in [6.45, 7) is 10.1. The molecule has 0 unspecified atom stereocenters. The number of fused-ring (bicyclic) bond motifs is 8. The summed E-state index contributed by atoms with van der Waals surface area (Å²) >= 11 is 0. The summed E-state index contributed by atoms with van der Waals surface area (Å²) in [5.74, 6) is -0.261. The molecule has 2 nitrogen and oxygen atoms in total. The minimum atomic E-state index is -0.261. The van der Waals surface area contributed by atoms with Gasteiger partial charge in [-0.25, -0.2) is 4.39 Å². The Hall–Kier alpha value is -8.32. The van der Waals surface area contributed by atoms with Gasteiger partial charge in [-0.15, -0.1) is 0 Å². The van der Waals surface area contributed by atoms with E-state index in [1.807, 2.05) is 18.2 Å². The van der Waals surface area contributed by atoms with Crippen molar-refractivity contribution in [2.24, 2.45) is 0 Å². The Balaban J connectivity index is 1.05. The predicted octanol–water partition coefficient (Wildman–Crippen LogP) is 17.6. The van der Waals surface area contributed by atoms with E-state index in [1.165, 1.54) is 100 Å². The monoisotopic (exact) mass is 884 g/mol. The summed E-state index contributed by atoms with van der Waals surface area (Å²) < 4.78 is 14.3. The molecule has 0 N–H and O–H groups in total. The fourth-order valence-electron chi connectivity index (χ4n) is 12.8. The molecule has 0 atom stereocenters. The molecule has 0 radical (unpaired) electrons. The van der Waals surface area contributed by atoms with Crippen molar-refractivity contribution >= 4 is 54.5 Å². The first-order valence-corrected chi connectivity index (χ1v) is 24.0. The lowest BCUT2D eigenvalue weighted by molar-refractivity contribution is 0.627. The third kappa shape index (κ3) is 5.46. The van der Waals surface area contributed by atoms with E-state index in [0.717, 1.165) is 49.6 Å². The number of benzene rings is 11. The maximum absolute atomic E-state index is 14.3. The molecule has 1 aliphatic heterocycles. The molecule has 3 heteroatoms. The third-order valence-electron chi connectivity index (χ3n) is 16.2. The average molecular weight is 885 g/mol. The van der Waals surface area contributed by atoms with Crippen LogP contribution in [0.25, 0.3) is 98.7 Å². The number of halogens is 1. The summed E-state index contributed by atoms with van der Waals surface area (Å²) in [7, 11) is 0. The summed E-state index contributed by atoms with van der Waals surface area (Å²) in [5, 5.41) is 19.5. The fraction of sp³-hybridized carbons (Fsp3) is 0.106. The number of hydrogen-bond acceptors (Lipinski definition) is 2. The fourth-order valence-corrected chi connectivity index (χ4v) is 12.8. The number of nitrogens with zero attached hydrogens (tertiary/aromatic N) is 2. The van der Waals surface area contributed by atoms with Gasteiger partial charge in [-0.1, -0.05) is 161 Å². The highest BCUT2D eigenvalue weighted by molar-refractivity contribution is 6.24. The highest BCUT2D eigenvalue weighted by atomic mass is 19.1. The Labute approximate surface area is 401 Å². The highest BCUT2D eigenvalue weighted by Crippen LogP contribution is 2.55. The second kappa shape index (κ2) is 14.1. The molecule has 0 saturated heterocycles. The Morgan fingerprint density at radius 3 is 1.59 bits per heavy atom. The molecule has 11 aromatic rings. The van der Waals surface area contributed by atoms with E-state index in [9.17, 15) is 9.65 Å². The first kappa shape index (κ1) is 39.8. The van der Waals surface area contributed by atoms with Crippen molar-refractivity contribution in [2.45, 2.75) is 45.1 Å². The molecule has 0 spiro atoms. The van der Waals surface area contributed by atoms with Crippen LogP contribution in [0.15, 0.2) is 188 Å². The number of anilines is 2.